The predicted octanol–water partition coefficient (Wildman–Crippen LogP) is 0.595. The van der Waals surface area contributed by atoms with E-state index in [1.165, 1.54) is 28.4 Å². The molecule has 1 aliphatic carbocycles. The molecule has 20 heteroatoms. The number of hydrogen-bond acceptors (Lipinski definition) is 18. The van der Waals surface area contributed by atoms with Crippen molar-refractivity contribution in [3.63, 3.8) is 0 Å². The standard InChI is InChI=1S/C30H47N3O17/c1-13(34)42-12-16-19(43-14(2)35)20(44-15(3)36)17(32-33-31)26(45-16)46-21-18(37)22-24(49-28(5,39-9)27(4,38-8)47-22)25-23(21)48-29(6,40-10)30(7,41-11)50-25/h16-26,37H,12H2,1-11H3/t16-,17-,18+,19+,20-,21+,22+,23+,24-,25-,26-,27-,28-,29-,30-/m1/s1. The summed E-state index contributed by atoms with van der Waals surface area (Å²) in [5.74, 6) is -8.61. The number of aliphatic hydroxyl groups excluding tert-OH is 1. The maximum Gasteiger partial charge on any atom is 0.303 e. The molecular weight excluding hydrogens is 674 g/mol. The number of nitrogens with zero attached hydrogens (tertiary/aromatic N) is 3. The highest BCUT2D eigenvalue weighted by molar-refractivity contribution is 5.68. The summed E-state index contributed by atoms with van der Waals surface area (Å²) in [6, 6.07) is -1.53. The van der Waals surface area contributed by atoms with Gasteiger partial charge in [0, 0.05) is 54.1 Å². The Labute approximate surface area is 288 Å². The highest BCUT2D eigenvalue weighted by Crippen LogP contribution is 2.50. The number of carbonyl (C=O) groups excluding carboxylic acids is 3. The summed E-state index contributed by atoms with van der Waals surface area (Å²) in [5, 5.41) is 15.8. The second-order valence-electron chi connectivity index (χ2n) is 12.7. The number of aliphatic hydroxyl groups is 1. The van der Waals surface area contributed by atoms with Gasteiger partial charge in [-0.15, -0.1) is 0 Å². The van der Waals surface area contributed by atoms with E-state index in [1.54, 1.807) is 27.7 Å². The van der Waals surface area contributed by atoms with Gasteiger partial charge >= 0.3 is 17.9 Å². The van der Waals surface area contributed by atoms with Gasteiger partial charge in [0.05, 0.1) is 0 Å². The van der Waals surface area contributed by atoms with E-state index >= 15 is 0 Å². The summed E-state index contributed by atoms with van der Waals surface area (Å²) < 4.78 is 77.3. The number of esters is 3. The minimum atomic E-state index is -1.66. The van der Waals surface area contributed by atoms with Crippen molar-refractivity contribution >= 4 is 17.9 Å². The Bertz CT molecular complexity index is 1320. The van der Waals surface area contributed by atoms with Gasteiger partial charge in [-0.1, -0.05) is 5.11 Å². The molecule has 0 aromatic carbocycles. The Morgan fingerprint density at radius 1 is 0.700 bits per heavy atom. The summed E-state index contributed by atoms with van der Waals surface area (Å²) in [5.41, 5.74) is 9.58. The van der Waals surface area contributed by atoms with Crippen LogP contribution >= 0.6 is 0 Å². The van der Waals surface area contributed by atoms with Crippen molar-refractivity contribution in [1.82, 2.24) is 0 Å². The van der Waals surface area contributed by atoms with Gasteiger partial charge in [0.25, 0.3) is 0 Å². The summed E-state index contributed by atoms with van der Waals surface area (Å²) in [7, 11) is 5.53. The van der Waals surface area contributed by atoms with Crippen molar-refractivity contribution in [3.8, 4) is 0 Å². The van der Waals surface area contributed by atoms with Crippen LogP contribution in [0.25, 0.3) is 10.4 Å². The molecule has 0 radical (unpaired) electrons. The average molecular weight is 722 g/mol. The first-order chi connectivity index (χ1) is 23.4. The quantitative estimate of drug-likeness (QED) is 0.101. The molecule has 20 nitrogen and oxygen atoms in total. The van der Waals surface area contributed by atoms with E-state index < -0.39 is 115 Å². The molecule has 3 aliphatic heterocycles. The van der Waals surface area contributed by atoms with Crippen molar-refractivity contribution in [1.29, 1.82) is 0 Å². The van der Waals surface area contributed by atoms with Gasteiger partial charge in [0.1, 0.15) is 55.4 Å². The Balaban J connectivity index is 1.83. The normalized spacial score (nSPS) is 45.6. The summed E-state index contributed by atoms with van der Waals surface area (Å²) in [6.07, 6.45) is -13.7. The third kappa shape index (κ3) is 7.17. The lowest BCUT2D eigenvalue weighted by Crippen LogP contribution is -2.80. The fourth-order valence-corrected chi connectivity index (χ4v) is 6.57. The van der Waals surface area contributed by atoms with Crippen molar-refractivity contribution in [3.05, 3.63) is 10.4 Å². The number of carbonyl (C=O) groups is 3. The van der Waals surface area contributed by atoms with E-state index in [9.17, 15) is 25.0 Å². The second-order valence-corrected chi connectivity index (χ2v) is 12.7. The highest BCUT2D eigenvalue weighted by atomic mass is 16.8. The van der Waals surface area contributed by atoms with Gasteiger partial charge in [0.2, 0.25) is 23.1 Å². The molecule has 1 N–H and O–H groups in total. The molecule has 3 saturated heterocycles. The van der Waals surface area contributed by atoms with Gasteiger partial charge in [-0.3, -0.25) is 14.4 Å². The van der Waals surface area contributed by atoms with Crippen LogP contribution < -0.4 is 0 Å². The highest BCUT2D eigenvalue weighted by Gasteiger charge is 2.70. The maximum absolute atomic E-state index is 12.3. The molecule has 1 saturated carbocycles. The van der Waals surface area contributed by atoms with Crippen molar-refractivity contribution in [2.75, 3.05) is 35.0 Å². The van der Waals surface area contributed by atoms with E-state index in [0.29, 0.717) is 0 Å². The Hall–Kier alpha value is -2.72. The zero-order valence-electron chi connectivity index (χ0n) is 29.9. The number of rotatable bonds is 11. The number of ether oxygens (including phenoxy) is 13. The van der Waals surface area contributed by atoms with Crippen LogP contribution in [0.3, 0.4) is 0 Å². The van der Waals surface area contributed by atoms with Gasteiger partial charge in [-0.2, -0.15) is 0 Å². The molecule has 0 bridgehead atoms. The van der Waals surface area contributed by atoms with Gasteiger partial charge < -0.3 is 66.7 Å². The number of hydrogen-bond donors (Lipinski definition) is 1. The number of fused-ring (bicyclic) bond motifs is 3. The summed E-state index contributed by atoms with van der Waals surface area (Å²) >= 11 is 0. The first-order valence-electron chi connectivity index (χ1n) is 15.8. The third-order valence-electron chi connectivity index (χ3n) is 9.77. The van der Waals surface area contributed by atoms with Crippen LogP contribution in [0.15, 0.2) is 5.11 Å². The molecule has 0 spiro atoms. The fraction of sp³-hybridized carbons (Fsp3) is 0.900. The molecule has 0 amide bonds. The average Bonchev–Trinajstić information content (AvgIpc) is 3.06. The first-order valence-corrected chi connectivity index (χ1v) is 15.8. The lowest BCUT2D eigenvalue weighted by Gasteiger charge is -2.62. The van der Waals surface area contributed by atoms with E-state index in [1.807, 2.05) is 0 Å². The minimum absolute atomic E-state index is 0.496. The summed E-state index contributed by atoms with van der Waals surface area (Å²) in [4.78, 5) is 39.1. The largest absolute Gasteiger partial charge is 0.463 e. The molecule has 0 aromatic heterocycles. The van der Waals surface area contributed by atoms with Crippen LogP contribution in [0.2, 0.25) is 0 Å². The summed E-state index contributed by atoms with van der Waals surface area (Å²) in [6.45, 7) is 9.13. The Morgan fingerprint density at radius 3 is 1.58 bits per heavy atom. The molecule has 0 aromatic rings. The zero-order chi connectivity index (χ0) is 37.4. The Morgan fingerprint density at radius 2 is 1.14 bits per heavy atom. The van der Waals surface area contributed by atoms with Crippen LogP contribution in [0.1, 0.15) is 48.5 Å². The molecule has 3 heterocycles. The lowest BCUT2D eigenvalue weighted by molar-refractivity contribution is -0.513. The Kier molecular flexibility index (Phi) is 12.1. The topological polar surface area (TPSA) is 240 Å². The molecule has 284 valence electrons. The van der Waals surface area contributed by atoms with Crippen LogP contribution in [0, 0.1) is 0 Å². The molecule has 50 heavy (non-hydrogen) atoms. The van der Waals surface area contributed by atoms with Crippen LogP contribution in [-0.2, 0) is 76.0 Å². The van der Waals surface area contributed by atoms with Crippen molar-refractivity contribution in [2.45, 2.75) is 139 Å². The van der Waals surface area contributed by atoms with E-state index in [4.69, 9.17) is 61.6 Å². The molecular formula is C30H47N3O17. The molecule has 0 unspecified atom stereocenters. The number of methoxy groups -OCH3 is 4. The van der Waals surface area contributed by atoms with Gasteiger partial charge in [0.15, 0.2) is 18.5 Å². The van der Waals surface area contributed by atoms with Crippen molar-refractivity contribution in [2.24, 2.45) is 5.11 Å². The van der Waals surface area contributed by atoms with Crippen LogP contribution in [0.4, 0.5) is 0 Å². The molecule has 4 aliphatic rings. The third-order valence-corrected chi connectivity index (χ3v) is 9.77. The lowest BCUT2D eigenvalue weighted by atomic mass is 9.80. The van der Waals surface area contributed by atoms with E-state index in [2.05, 4.69) is 10.0 Å². The second kappa shape index (κ2) is 15.1. The van der Waals surface area contributed by atoms with Gasteiger partial charge in [-0.25, -0.2) is 0 Å². The first kappa shape index (κ1) is 40.1. The fourth-order valence-electron chi connectivity index (χ4n) is 6.57. The van der Waals surface area contributed by atoms with Crippen LogP contribution in [0.5, 0.6) is 0 Å². The van der Waals surface area contributed by atoms with E-state index in [-0.39, 0.29) is 0 Å². The molecule has 4 fully saturated rings. The predicted molar refractivity (Wildman–Crippen MR) is 161 cm³/mol. The van der Waals surface area contributed by atoms with Gasteiger partial charge in [-0.05, 0) is 33.2 Å². The minimum Gasteiger partial charge on any atom is -0.463 e. The van der Waals surface area contributed by atoms with Crippen molar-refractivity contribution < 1.29 is 81.1 Å². The SMILES string of the molecule is CO[C@]1(C)O[C@@H]2[C@@H](O[C@@]1(C)OC)[C@@H](O[C@H]1O[C@H](COC(C)=O)[C@H](OC(C)=O)[C@H](OC(C)=O)[C@H]1N=[N+]=[N-])[C@H](O)[C@@H]1O[C@@](C)(OC)[C@](C)(OC)O[C@@H]21. The number of azide groups is 1. The maximum atomic E-state index is 12.3. The van der Waals surface area contributed by atoms with Crippen LogP contribution in [-0.4, -0.2) is 148 Å². The smallest absolute Gasteiger partial charge is 0.303 e. The molecule has 4 rings (SSSR count). The monoisotopic (exact) mass is 721 g/mol. The van der Waals surface area contributed by atoms with E-state index in [0.717, 1.165) is 20.8 Å². The molecule has 15 atom stereocenters. The zero-order valence-corrected chi connectivity index (χ0v) is 29.9.